The Kier molecular flexibility index (Phi) is 65.5. The number of amides is 1. The molecule has 17 atom stereocenters. The third kappa shape index (κ3) is 48.4. The molecule has 0 aromatic rings. The molecule has 0 saturated carbocycles. The second kappa shape index (κ2) is 70.0. The van der Waals surface area contributed by atoms with E-state index in [4.69, 9.17) is 28.4 Å². The Morgan fingerprint density at radius 2 is 0.528 bits per heavy atom. The summed E-state index contributed by atoms with van der Waals surface area (Å²) in [7, 11) is 0. The molecule has 0 aliphatic carbocycles. The standard InChI is InChI=1S/C89H173NO18/c1-3-5-7-9-11-13-15-17-19-21-23-25-27-29-31-33-35-37-38-40-42-44-46-48-50-52-54-56-58-60-62-64-66-73(94)72(90-77(95)67-65-63-61-59-57-55-53-51-49-47-45-43-41-39-36-34-32-30-28-26-24-22-20-18-16-14-12-10-8-6-4-2)71-103-87-83(101)80(98)85(75(69-92)105-87)108-89-84(102)81(99)86(76(70-93)106-89)107-88-82(100)79(97)78(96)74(68-91)104-88/h72-76,78-89,91-94,96-102H,3-71H2,1-2H3,(H,90,95). The van der Waals surface area contributed by atoms with E-state index in [1.54, 1.807) is 0 Å². The van der Waals surface area contributed by atoms with Crippen molar-refractivity contribution < 1.29 is 89.4 Å². The Labute approximate surface area is 659 Å². The smallest absolute Gasteiger partial charge is 0.220 e. The number of unbranched alkanes of at least 4 members (excludes halogenated alkanes) is 61. The van der Waals surface area contributed by atoms with Gasteiger partial charge < -0.3 is 89.9 Å². The zero-order valence-electron chi connectivity index (χ0n) is 69.4. The van der Waals surface area contributed by atoms with Crippen LogP contribution in [0.4, 0.5) is 0 Å². The van der Waals surface area contributed by atoms with Crippen molar-refractivity contribution in [1.29, 1.82) is 0 Å². The monoisotopic (exact) mass is 1540 g/mol. The Hall–Kier alpha value is -1.21. The van der Waals surface area contributed by atoms with Gasteiger partial charge >= 0.3 is 0 Å². The molecule has 1 amide bonds. The quantitative estimate of drug-likeness (QED) is 0.0252. The third-order valence-corrected chi connectivity index (χ3v) is 23.7. The van der Waals surface area contributed by atoms with Crippen molar-refractivity contribution in [3.63, 3.8) is 0 Å². The summed E-state index contributed by atoms with van der Waals surface area (Å²) in [6.45, 7) is 1.90. The van der Waals surface area contributed by atoms with Gasteiger partial charge in [-0.15, -0.1) is 0 Å². The van der Waals surface area contributed by atoms with Crippen LogP contribution in [0.15, 0.2) is 0 Å². The van der Waals surface area contributed by atoms with E-state index in [1.807, 2.05) is 0 Å². The largest absolute Gasteiger partial charge is 0.394 e. The first kappa shape index (κ1) is 101. The van der Waals surface area contributed by atoms with Gasteiger partial charge in [0.1, 0.15) is 73.2 Å². The van der Waals surface area contributed by atoms with Crippen LogP contribution in [0.2, 0.25) is 0 Å². The predicted octanol–water partition coefficient (Wildman–Crippen LogP) is 17.7. The lowest BCUT2D eigenvalue weighted by Gasteiger charge is -2.48. The zero-order chi connectivity index (χ0) is 78.1. The number of aliphatic hydroxyl groups is 11. The molecule has 19 nitrogen and oxygen atoms in total. The van der Waals surface area contributed by atoms with E-state index in [0.29, 0.717) is 12.8 Å². The van der Waals surface area contributed by atoms with Gasteiger partial charge in [0.2, 0.25) is 5.91 Å². The van der Waals surface area contributed by atoms with Crippen LogP contribution in [0.1, 0.15) is 431 Å². The van der Waals surface area contributed by atoms with Crippen LogP contribution < -0.4 is 5.32 Å². The van der Waals surface area contributed by atoms with E-state index in [0.717, 1.165) is 44.9 Å². The van der Waals surface area contributed by atoms with Gasteiger partial charge in [0.25, 0.3) is 0 Å². The van der Waals surface area contributed by atoms with E-state index < -0.39 is 124 Å². The Morgan fingerprint density at radius 3 is 0.806 bits per heavy atom. The molecule has 3 fully saturated rings. The Bertz CT molecular complexity index is 1940. The maximum Gasteiger partial charge on any atom is 0.220 e. The van der Waals surface area contributed by atoms with Crippen molar-refractivity contribution in [3.05, 3.63) is 0 Å². The number of nitrogens with one attached hydrogen (secondary N) is 1. The van der Waals surface area contributed by atoms with Gasteiger partial charge in [-0.3, -0.25) is 4.79 Å². The fourth-order valence-electron chi connectivity index (χ4n) is 16.3. The molecule has 19 heteroatoms. The number of rotatable bonds is 77. The number of hydrogen-bond acceptors (Lipinski definition) is 18. The van der Waals surface area contributed by atoms with Gasteiger partial charge in [-0.25, -0.2) is 0 Å². The first-order chi connectivity index (χ1) is 52.8. The van der Waals surface area contributed by atoms with E-state index in [1.165, 1.54) is 353 Å². The third-order valence-electron chi connectivity index (χ3n) is 23.7. The number of ether oxygens (including phenoxy) is 6. The van der Waals surface area contributed by atoms with Gasteiger partial charge in [-0.05, 0) is 12.8 Å². The van der Waals surface area contributed by atoms with E-state index in [2.05, 4.69) is 19.2 Å². The molecule has 0 spiro atoms. The molecule has 3 aliphatic heterocycles. The average molecular weight is 1550 g/mol. The molecule has 3 aliphatic rings. The molecule has 12 N–H and O–H groups in total. The Balaban J connectivity index is 1.31. The second-order valence-corrected chi connectivity index (χ2v) is 33.5. The summed E-state index contributed by atoms with van der Waals surface area (Å²) < 4.78 is 34.6. The molecule has 0 aromatic carbocycles. The molecule has 3 saturated heterocycles. The van der Waals surface area contributed by atoms with E-state index in [-0.39, 0.29) is 18.9 Å². The van der Waals surface area contributed by atoms with Gasteiger partial charge in [0.15, 0.2) is 18.9 Å². The van der Waals surface area contributed by atoms with Crippen molar-refractivity contribution in [2.45, 2.75) is 535 Å². The van der Waals surface area contributed by atoms with Crippen LogP contribution in [0, 0.1) is 0 Å². The van der Waals surface area contributed by atoms with Crippen LogP contribution in [0.25, 0.3) is 0 Å². The molecule has 642 valence electrons. The molecule has 108 heavy (non-hydrogen) atoms. The topological polar surface area (TPSA) is 307 Å². The van der Waals surface area contributed by atoms with Crippen LogP contribution in [0.3, 0.4) is 0 Å². The van der Waals surface area contributed by atoms with E-state index >= 15 is 0 Å². The van der Waals surface area contributed by atoms with Crippen LogP contribution in [-0.4, -0.2) is 193 Å². The van der Waals surface area contributed by atoms with Crippen molar-refractivity contribution in [2.24, 2.45) is 0 Å². The number of carbonyl (C=O) groups is 1. The number of aliphatic hydroxyl groups excluding tert-OH is 11. The molecule has 0 radical (unpaired) electrons. The molecule has 0 bridgehead atoms. The highest BCUT2D eigenvalue weighted by atomic mass is 16.8. The Morgan fingerprint density at radius 1 is 0.296 bits per heavy atom. The molecule has 3 heterocycles. The van der Waals surface area contributed by atoms with Gasteiger partial charge in [0, 0.05) is 6.42 Å². The van der Waals surface area contributed by atoms with Crippen LogP contribution >= 0.6 is 0 Å². The predicted molar refractivity (Wildman–Crippen MR) is 434 cm³/mol. The second-order valence-electron chi connectivity index (χ2n) is 33.5. The highest BCUT2D eigenvalue weighted by molar-refractivity contribution is 5.76. The summed E-state index contributed by atoms with van der Waals surface area (Å²) in [5.41, 5.74) is 0. The highest BCUT2D eigenvalue weighted by Gasteiger charge is 2.54. The minimum absolute atomic E-state index is 0.230. The zero-order valence-corrected chi connectivity index (χ0v) is 69.4. The van der Waals surface area contributed by atoms with Crippen molar-refractivity contribution in [1.82, 2.24) is 5.32 Å². The first-order valence-corrected chi connectivity index (χ1v) is 46.3. The molecular formula is C89H173NO18. The fraction of sp³-hybridized carbons (Fsp3) is 0.989. The summed E-state index contributed by atoms with van der Waals surface area (Å²) in [5, 5.41) is 121. The maximum absolute atomic E-state index is 13.5. The summed E-state index contributed by atoms with van der Waals surface area (Å²) in [5.74, 6) is -0.230. The lowest BCUT2D eigenvalue weighted by Crippen LogP contribution is -2.66. The molecule has 0 aromatic heterocycles. The summed E-state index contributed by atoms with van der Waals surface area (Å²) >= 11 is 0. The SMILES string of the molecule is CCCCCCCCCCCCCCCCCCCCCCCCCCCCCCCCCCC(O)C(COC1OC(CO)C(OC2OC(CO)C(OC3OC(CO)C(O)C(O)C3O)C(O)C2O)C(O)C1O)NC(=O)CCCCCCCCCCCCCCCCCCCCCCCCCCCCCCCCC. The van der Waals surface area contributed by atoms with Crippen molar-refractivity contribution in [2.75, 3.05) is 26.4 Å². The maximum atomic E-state index is 13.5. The van der Waals surface area contributed by atoms with Gasteiger partial charge in [-0.2, -0.15) is 0 Å². The van der Waals surface area contributed by atoms with Gasteiger partial charge in [-0.1, -0.05) is 412 Å². The van der Waals surface area contributed by atoms with E-state index in [9.17, 15) is 61.0 Å². The summed E-state index contributed by atoms with van der Waals surface area (Å²) in [6.07, 6.45) is 58.0. The summed E-state index contributed by atoms with van der Waals surface area (Å²) in [6, 6.07) is -0.885. The van der Waals surface area contributed by atoms with Crippen LogP contribution in [-0.2, 0) is 33.2 Å². The highest BCUT2D eigenvalue weighted by Crippen LogP contribution is 2.34. The van der Waals surface area contributed by atoms with Gasteiger partial charge in [0.05, 0.1) is 38.6 Å². The van der Waals surface area contributed by atoms with Crippen LogP contribution in [0.5, 0.6) is 0 Å². The first-order valence-electron chi connectivity index (χ1n) is 46.3. The number of carbonyl (C=O) groups excluding carboxylic acids is 1. The molecular weight excluding hydrogens is 1370 g/mol. The average Bonchev–Trinajstić information content (AvgIpc) is 0.779. The molecule has 17 unspecified atom stereocenters. The van der Waals surface area contributed by atoms with Crippen molar-refractivity contribution in [3.8, 4) is 0 Å². The lowest BCUT2D eigenvalue weighted by atomic mass is 9.96. The van der Waals surface area contributed by atoms with Crippen molar-refractivity contribution >= 4 is 5.91 Å². The minimum atomic E-state index is -1.97. The normalized spacial score (nSPS) is 25.3. The lowest BCUT2D eigenvalue weighted by molar-refractivity contribution is -0.379. The number of hydrogen-bond donors (Lipinski definition) is 12. The minimum Gasteiger partial charge on any atom is -0.394 e. The fourth-order valence-corrected chi connectivity index (χ4v) is 16.3. The summed E-state index contributed by atoms with van der Waals surface area (Å²) in [4.78, 5) is 13.5. The molecule has 3 rings (SSSR count).